The number of methoxy groups -OCH3 is 2. The molecule has 3 atom stereocenters. The van der Waals surface area contributed by atoms with Crippen LogP contribution in [0.4, 0.5) is 0 Å². The summed E-state index contributed by atoms with van der Waals surface area (Å²) in [5.41, 5.74) is 3.70. The Morgan fingerprint density at radius 2 is 1.82 bits per heavy atom. The van der Waals surface area contributed by atoms with Gasteiger partial charge in [0.2, 0.25) is 0 Å². The largest absolute Gasteiger partial charge is 0.497 e. The van der Waals surface area contributed by atoms with Crippen LogP contribution in [0.25, 0.3) is 0 Å². The van der Waals surface area contributed by atoms with E-state index in [9.17, 15) is 9.59 Å². The number of aliphatic imine (C=N–C) groups is 1. The molecule has 1 heterocycles. The molecule has 0 saturated heterocycles. The van der Waals surface area contributed by atoms with Crippen molar-refractivity contribution in [2.75, 3.05) is 20.8 Å². The summed E-state index contributed by atoms with van der Waals surface area (Å²) in [4.78, 5) is 31.5. The Hall–Kier alpha value is -3.12. The standard InChI is InChI=1S/C27H28ClNO5/c1-5-34-27(31)24-15(2)29-21-12-17(16-6-8-18(28)9-7-16)13-22(30)26(21)25(24)20-11-10-19(32-3)14-23(20)33-4/h6-11,14,17,24-25H,5,12-13H2,1-4H3/t17-,24?,25-/m1/s1. The van der Waals surface area contributed by atoms with E-state index in [1.807, 2.05) is 43.3 Å². The van der Waals surface area contributed by atoms with Gasteiger partial charge in [0, 0.05) is 46.0 Å². The van der Waals surface area contributed by atoms with Crippen molar-refractivity contribution < 1.29 is 23.8 Å². The number of hydrogen-bond acceptors (Lipinski definition) is 6. The summed E-state index contributed by atoms with van der Waals surface area (Å²) in [6.45, 7) is 3.83. The molecule has 4 rings (SSSR count). The zero-order valence-corrected chi connectivity index (χ0v) is 20.5. The predicted molar refractivity (Wildman–Crippen MR) is 131 cm³/mol. The van der Waals surface area contributed by atoms with Gasteiger partial charge >= 0.3 is 5.97 Å². The molecule has 0 N–H and O–H groups in total. The van der Waals surface area contributed by atoms with Crippen LogP contribution in [-0.4, -0.2) is 38.3 Å². The molecule has 2 aromatic rings. The molecule has 0 bridgehead atoms. The molecule has 7 heteroatoms. The van der Waals surface area contributed by atoms with Crippen LogP contribution >= 0.6 is 11.6 Å². The highest BCUT2D eigenvalue weighted by molar-refractivity contribution is 6.30. The first-order valence-electron chi connectivity index (χ1n) is 11.3. The molecule has 0 radical (unpaired) electrons. The van der Waals surface area contributed by atoms with Gasteiger partial charge in [0.05, 0.1) is 20.8 Å². The second-order valence-electron chi connectivity index (χ2n) is 8.51. The first-order chi connectivity index (χ1) is 16.4. The number of allylic oxidation sites excluding steroid dienone is 2. The van der Waals surface area contributed by atoms with Gasteiger partial charge in [-0.05, 0) is 49.9 Å². The molecule has 0 aromatic heterocycles. The number of rotatable bonds is 6. The Bertz CT molecular complexity index is 1170. The van der Waals surface area contributed by atoms with E-state index >= 15 is 0 Å². The van der Waals surface area contributed by atoms with E-state index in [4.69, 9.17) is 30.8 Å². The van der Waals surface area contributed by atoms with E-state index in [1.165, 1.54) is 0 Å². The number of halogens is 1. The number of esters is 1. The molecule has 0 amide bonds. The topological polar surface area (TPSA) is 74.2 Å². The van der Waals surface area contributed by atoms with Crippen LogP contribution < -0.4 is 9.47 Å². The predicted octanol–water partition coefficient (Wildman–Crippen LogP) is 5.50. The van der Waals surface area contributed by atoms with Gasteiger partial charge in [-0.25, -0.2) is 0 Å². The summed E-state index contributed by atoms with van der Waals surface area (Å²) in [7, 11) is 3.14. The molecule has 6 nitrogen and oxygen atoms in total. The van der Waals surface area contributed by atoms with Crippen LogP contribution in [0.5, 0.6) is 11.5 Å². The monoisotopic (exact) mass is 481 g/mol. The zero-order chi connectivity index (χ0) is 24.4. The van der Waals surface area contributed by atoms with Gasteiger partial charge in [-0.2, -0.15) is 0 Å². The number of benzene rings is 2. The lowest BCUT2D eigenvalue weighted by Crippen LogP contribution is -2.38. The normalized spacial score (nSPS) is 22.1. The Balaban J connectivity index is 1.84. The van der Waals surface area contributed by atoms with Crippen LogP contribution in [0, 0.1) is 5.92 Å². The SMILES string of the molecule is CCOC(=O)C1C(C)=NC2=C(C(=O)C[C@H](c3ccc(Cl)cc3)C2)[C@@H]1c1ccc(OC)cc1OC. The molecular formula is C27H28ClNO5. The fourth-order valence-corrected chi connectivity index (χ4v) is 5.11. The van der Waals surface area contributed by atoms with Gasteiger partial charge in [-0.1, -0.05) is 29.8 Å². The highest BCUT2D eigenvalue weighted by atomic mass is 35.5. The molecule has 34 heavy (non-hydrogen) atoms. The molecule has 178 valence electrons. The lowest BCUT2D eigenvalue weighted by atomic mass is 9.69. The summed E-state index contributed by atoms with van der Waals surface area (Å²) in [5.74, 6) is -0.504. The van der Waals surface area contributed by atoms with Gasteiger partial charge in [-0.15, -0.1) is 0 Å². The third-order valence-electron chi connectivity index (χ3n) is 6.55. The van der Waals surface area contributed by atoms with E-state index in [0.717, 1.165) is 16.8 Å². The Morgan fingerprint density at radius 1 is 1.09 bits per heavy atom. The number of hydrogen-bond donors (Lipinski definition) is 0. The molecule has 2 aliphatic rings. The quantitative estimate of drug-likeness (QED) is 0.509. The highest BCUT2D eigenvalue weighted by Crippen LogP contribution is 2.49. The smallest absolute Gasteiger partial charge is 0.315 e. The van der Waals surface area contributed by atoms with Crippen LogP contribution in [0.2, 0.25) is 5.02 Å². The molecule has 2 aromatic carbocycles. The average Bonchev–Trinajstić information content (AvgIpc) is 2.83. The fourth-order valence-electron chi connectivity index (χ4n) is 4.98. The van der Waals surface area contributed by atoms with E-state index in [0.29, 0.717) is 40.6 Å². The van der Waals surface area contributed by atoms with E-state index in [2.05, 4.69) is 0 Å². The average molecular weight is 482 g/mol. The van der Waals surface area contributed by atoms with Gasteiger partial charge in [-0.3, -0.25) is 14.6 Å². The van der Waals surface area contributed by atoms with Gasteiger partial charge < -0.3 is 14.2 Å². The number of Topliss-reactive ketones (excluding diaryl/α,β-unsaturated/α-hetero) is 1. The summed E-state index contributed by atoms with van der Waals surface area (Å²) in [5, 5.41) is 0.654. The molecule has 1 aliphatic carbocycles. The molecule has 0 saturated carbocycles. The second kappa shape index (κ2) is 10.0. The third kappa shape index (κ3) is 4.47. The number of ketones is 1. The van der Waals surface area contributed by atoms with Crippen LogP contribution in [0.1, 0.15) is 49.7 Å². The van der Waals surface area contributed by atoms with Crippen molar-refractivity contribution >= 4 is 29.1 Å². The van der Waals surface area contributed by atoms with Crippen molar-refractivity contribution in [3.05, 3.63) is 69.9 Å². The van der Waals surface area contributed by atoms with Crippen molar-refractivity contribution in [2.24, 2.45) is 10.9 Å². The maximum absolute atomic E-state index is 13.6. The summed E-state index contributed by atoms with van der Waals surface area (Å²) >= 11 is 6.05. The summed E-state index contributed by atoms with van der Waals surface area (Å²) < 4.78 is 16.4. The first kappa shape index (κ1) is 24.0. The number of carbonyl (C=O) groups is 2. The van der Waals surface area contributed by atoms with Crippen LogP contribution in [0.15, 0.2) is 58.7 Å². The van der Waals surface area contributed by atoms with Crippen molar-refractivity contribution in [1.29, 1.82) is 0 Å². The Kier molecular flexibility index (Phi) is 7.08. The molecule has 1 aliphatic heterocycles. The first-order valence-corrected chi connectivity index (χ1v) is 11.7. The van der Waals surface area contributed by atoms with Crippen LogP contribution in [-0.2, 0) is 14.3 Å². The second-order valence-corrected chi connectivity index (χ2v) is 8.95. The lowest BCUT2D eigenvalue weighted by Gasteiger charge is -2.37. The van der Waals surface area contributed by atoms with E-state index in [-0.39, 0.29) is 18.3 Å². The Labute approximate surface area is 204 Å². The Morgan fingerprint density at radius 3 is 2.47 bits per heavy atom. The zero-order valence-electron chi connectivity index (χ0n) is 19.8. The van der Waals surface area contributed by atoms with Crippen molar-refractivity contribution in [2.45, 2.75) is 38.5 Å². The molecule has 1 unspecified atom stereocenters. The maximum atomic E-state index is 13.6. The van der Waals surface area contributed by atoms with Crippen molar-refractivity contribution in [1.82, 2.24) is 0 Å². The minimum absolute atomic E-state index is 0.00220. The van der Waals surface area contributed by atoms with Crippen molar-refractivity contribution in [3.8, 4) is 11.5 Å². The molecule has 0 fully saturated rings. The third-order valence-corrected chi connectivity index (χ3v) is 6.80. The highest BCUT2D eigenvalue weighted by Gasteiger charge is 2.45. The number of nitrogens with zero attached hydrogens (tertiary/aromatic N) is 1. The number of ether oxygens (including phenoxy) is 3. The van der Waals surface area contributed by atoms with Crippen LogP contribution in [0.3, 0.4) is 0 Å². The van der Waals surface area contributed by atoms with Gasteiger partial charge in [0.15, 0.2) is 5.78 Å². The van der Waals surface area contributed by atoms with E-state index in [1.54, 1.807) is 27.2 Å². The molecular weight excluding hydrogens is 454 g/mol. The summed E-state index contributed by atoms with van der Waals surface area (Å²) in [6, 6.07) is 13.0. The minimum Gasteiger partial charge on any atom is -0.497 e. The van der Waals surface area contributed by atoms with Gasteiger partial charge in [0.1, 0.15) is 17.4 Å². The lowest BCUT2D eigenvalue weighted by molar-refractivity contribution is -0.146. The van der Waals surface area contributed by atoms with Crippen molar-refractivity contribution in [3.63, 3.8) is 0 Å². The minimum atomic E-state index is -0.711. The number of carbonyl (C=O) groups excluding carboxylic acids is 2. The molecule has 0 spiro atoms. The fraction of sp³-hybridized carbons (Fsp3) is 0.370. The maximum Gasteiger partial charge on any atom is 0.315 e. The summed E-state index contributed by atoms with van der Waals surface area (Å²) in [6.07, 6.45) is 0.935. The van der Waals surface area contributed by atoms with Gasteiger partial charge in [0.25, 0.3) is 0 Å². The van der Waals surface area contributed by atoms with E-state index < -0.39 is 17.8 Å².